The molecule has 74 valence electrons. The van der Waals surface area contributed by atoms with E-state index in [0.29, 0.717) is 11.8 Å². The minimum Gasteiger partial charge on any atom is -0.393 e. The molecule has 2 nitrogen and oxygen atoms in total. The van der Waals surface area contributed by atoms with Crippen molar-refractivity contribution in [3.8, 4) is 0 Å². The quantitative estimate of drug-likeness (QED) is 0.668. The van der Waals surface area contributed by atoms with E-state index < -0.39 is 0 Å². The fraction of sp³-hybridized carbons (Fsp3) is 1.00. The molecule has 0 aliphatic carbocycles. The number of ether oxygens (including phenoxy) is 1. The first-order valence-corrected chi connectivity index (χ1v) is 4.80. The molecule has 0 radical (unpaired) electrons. The number of aliphatic hydroxyl groups is 1. The van der Waals surface area contributed by atoms with Gasteiger partial charge in [0.15, 0.2) is 0 Å². The molecule has 0 spiro atoms. The predicted molar refractivity (Wildman–Crippen MR) is 51.1 cm³/mol. The van der Waals surface area contributed by atoms with E-state index in [0.717, 1.165) is 19.4 Å². The maximum atomic E-state index is 9.44. The first-order chi connectivity index (χ1) is 5.63. The van der Waals surface area contributed by atoms with Gasteiger partial charge in [-0.2, -0.15) is 0 Å². The second kappa shape index (κ2) is 6.44. The van der Waals surface area contributed by atoms with Gasteiger partial charge in [-0.05, 0) is 25.2 Å². The molecule has 2 heteroatoms. The maximum absolute atomic E-state index is 9.44. The van der Waals surface area contributed by atoms with Gasteiger partial charge in [0.2, 0.25) is 0 Å². The lowest BCUT2D eigenvalue weighted by atomic mass is 9.85. The van der Waals surface area contributed by atoms with Crippen molar-refractivity contribution in [3.05, 3.63) is 0 Å². The van der Waals surface area contributed by atoms with Gasteiger partial charge in [-0.1, -0.05) is 20.3 Å². The fourth-order valence-electron chi connectivity index (χ4n) is 1.74. The van der Waals surface area contributed by atoms with Crippen LogP contribution in [0.25, 0.3) is 0 Å². The van der Waals surface area contributed by atoms with Gasteiger partial charge in [-0.3, -0.25) is 0 Å². The zero-order chi connectivity index (χ0) is 9.56. The van der Waals surface area contributed by atoms with E-state index in [9.17, 15) is 5.11 Å². The summed E-state index contributed by atoms with van der Waals surface area (Å²) in [5.74, 6) is 0.968. The predicted octanol–water partition coefficient (Wildman–Crippen LogP) is 2.07. The lowest BCUT2D eigenvalue weighted by molar-refractivity contribution is 0.0741. The van der Waals surface area contributed by atoms with Crippen molar-refractivity contribution >= 4 is 0 Å². The SMILES string of the molecule is CCC(C(C)O)C(C)CCOC. The van der Waals surface area contributed by atoms with Crippen LogP contribution in [0, 0.1) is 11.8 Å². The summed E-state index contributed by atoms with van der Waals surface area (Å²) in [4.78, 5) is 0. The fourth-order valence-corrected chi connectivity index (χ4v) is 1.74. The molecular weight excluding hydrogens is 152 g/mol. The maximum Gasteiger partial charge on any atom is 0.0542 e. The third-order valence-corrected chi connectivity index (χ3v) is 2.60. The van der Waals surface area contributed by atoms with Crippen LogP contribution in [0.5, 0.6) is 0 Å². The molecule has 0 aromatic heterocycles. The molecule has 3 unspecified atom stereocenters. The van der Waals surface area contributed by atoms with Crippen molar-refractivity contribution in [2.24, 2.45) is 11.8 Å². The molecular formula is C10H22O2. The van der Waals surface area contributed by atoms with Crippen LogP contribution in [0.1, 0.15) is 33.6 Å². The van der Waals surface area contributed by atoms with Gasteiger partial charge in [0.25, 0.3) is 0 Å². The lowest BCUT2D eigenvalue weighted by Gasteiger charge is -2.24. The highest BCUT2D eigenvalue weighted by atomic mass is 16.5. The molecule has 0 amide bonds. The molecule has 0 fully saturated rings. The molecule has 0 aliphatic heterocycles. The largest absolute Gasteiger partial charge is 0.393 e. The van der Waals surface area contributed by atoms with Crippen LogP contribution in [-0.4, -0.2) is 24.9 Å². The smallest absolute Gasteiger partial charge is 0.0542 e. The van der Waals surface area contributed by atoms with Gasteiger partial charge >= 0.3 is 0 Å². The van der Waals surface area contributed by atoms with E-state index in [-0.39, 0.29) is 6.10 Å². The minimum absolute atomic E-state index is 0.193. The first-order valence-electron chi connectivity index (χ1n) is 4.80. The van der Waals surface area contributed by atoms with Gasteiger partial charge in [0.1, 0.15) is 0 Å². The number of hydrogen-bond donors (Lipinski definition) is 1. The molecule has 3 atom stereocenters. The Kier molecular flexibility index (Phi) is 6.39. The first kappa shape index (κ1) is 11.9. The Morgan fingerprint density at radius 1 is 1.33 bits per heavy atom. The van der Waals surface area contributed by atoms with Crippen LogP contribution < -0.4 is 0 Å². The third kappa shape index (κ3) is 4.07. The number of methoxy groups -OCH3 is 1. The van der Waals surface area contributed by atoms with Crippen molar-refractivity contribution in [2.45, 2.75) is 39.7 Å². The molecule has 0 bridgehead atoms. The summed E-state index contributed by atoms with van der Waals surface area (Å²) in [6, 6.07) is 0. The summed E-state index contributed by atoms with van der Waals surface area (Å²) in [7, 11) is 1.72. The van der Waals surface area contributed by atoms with Crippen molar-refractivity contribution in [3.63, 3.8) is 0 Å². The summed E-state index contributed by atoms with van der Waals surface area (Å²) < 4.78 is 5.01. The number of rotatable bonds is 6. The van der Waals surface area contributed by atoms with Gasteiger partial charge in [0.05, 0.1) is 6.10 Å². The Labute approximate surface area is 75.9 Å². The number of aliphatic hydroxyl groups excluding tert-OH is 1. The van der Waals surface area contributed by atoms with Gasteiger partial charge in [0, 0.05) is 13.7 Å². The van der Waals surface area contributed by atoms with Gasteiger partial charge in [-0.15, -0.1) is 0 Å². The monoisotopic (exact) mass is 174 g/mol. The van der Waals surface area contributed by atoms with E-state index in [1.165, 1.54) is 0 Å². The summed E-state index contributed by atoms with van der Waals surface area (Å²) >= 11 is 0. The van der Waals surface area contributed by atoms with Crippen molar-refractivity contribution in [1.29, 1.82) is 0 Å². The van der Waals surface area contributed by atoms with Gasteiger partial charge in [-0.25, -0.2) is 0 Å². The molecule has 0 saturated carbocycles. The normalized spacial score (nSPS) is 18.8. The van der Waals surface area contributed by atoms with Crippen LogP contribution in [-0.2, 0) is 4.74 Å². The highest BCUT2D eigenvalue weighted by Gasteiger charge is 2.19. The summed E-state index contributed by atoms with van der Waals surface area (Å²) in [6.45, 7) is 6.97. The van der Waals surface area contributed by atoms with Crippen LogP contribution >= 0.6 is 0 Å². The van der Waals surface area contributed by atoms with E-state index in [4.69, 9.17) is 4.74 Å². The van der Waals surface area contributed by atoms with Crippen LogP contribution in [0.4, 0.5) is 0 Å². The molecule has 0 aromatic carbocycles. The summed E-state index contributed by atoms with van der Waals surface area (Å²) in [5.41, 5.74) is 0. The molecule has 0 saturated heterocycles. The highest BCUT2D eigenvalue weighted by molar-refractivity contribution is 4.69. The molecule has 12 heavy (non-hydrogen) atoms. The molecule has 0 aliphatic rings. The standard InChI is InChI=1S/C10H22O2/c1-5-10(9(3)11)8(2)6-7-12-4/h8-11H,5-7H2,1-4H3. The Bertz CT molecular complexity index is 102. The van der Waals surface area contributed by atoms with E-state index >= 15 is 0 Å². The van der Waals surface area contributed by atoms with E-state index in [1.807, 2.05) is 6.92 Å². The summed E-state index contributed by atoms with van der Waals surface area (Å²) in [5, 5.41) is 9.44. The second-order valence-electron chi connectivity index (χ2n) is 3.57. The highest BCUT2D eigenvalue weighted by Crippen LogP contribution is 2.22. The van der Waals surface area contributed by atoms with Crippen LogP contribution in [0.2, 0.25) is 0 Å². The van der Waals surface area contributed by atoms with E-state index in [2.05, 4.69) is 13.8 Å². The van der Waals surface area contributed by atoms with Crippen molar-refractivity contribution in [2.75, 3.05) is 13.7 Å². The van der Waals surface area contributed by atoms with Crippen molar-refractivity contribution < 1.29 is 9.84 Å². The minimum atomic E-state index is -0.193. The Balaban J connectivity index is 3.77. The molecule has 0 aromatic rings. The topological polar surface area (TPSA) is 29.5 Å². The lowest BCUT2D eigenvalue weighted by Crippen LogP contribution is -2.24. The Morgan fingerprint density at radius 2 is 1.92 bits per heavy atom. The third-order valence-electron chi connectivity index (χ3n) is 2.60. The molecule has 0 heterocycles. The van der Waals surface area contributed by atoms with E-state index in [1.54, 1.807) is 7.11 Å². The average Bonchev–Trinajstić information content (AvgIpc) is 2.01. The van der Waals surface area contributed by atoms with Crippen molar-refractivity contribution in [1.82, 2.24) is 0 Å². The molecule has 0 rings (SSSR count). The summed E-state index contributed by atoms with van der Waals surface area (Å²) in [6.07, 6.45) is 1.89. The average molecular weight is 174 g/mol. The van der Waals surface area contributed by atoms with Crippen LogP contribution in [0.3, 0.4) is 0 Å². The molecule has 1 N–H and O–H groups in total. The zero-order valence-corrected chi connectivity index (χ0v) is 8.71. The van der Waals surface area contributed by atoms with Crippen LogP contribution in [0.15, 0.2) is 0 Å². The zero-order valence-electron chi connectivity index (χ0n) is 8.71. The second-order valence-corrected chi connectivity index (χ2v) is 3.57. The number of hydrogen-bond acceptors (Lipinski definition) is 2. The Hall–Kier alpha value is -0.0800. The Morgan fingerprint density at radius 3 is 2.25 bits per heavy atom. The van der Waals surface area contributed by atoms with Gasteiger partial charge < -0.3 is 9.84 Å².